The average Bonchev–Trinajstić information content (AvgIpc) is 2.30. The van der Waals surface area contributed by atoms with E-state index in [2.05, 4.69) is 39.1 Å². The van der Waals surface area contributed by atoms with Crippen LogP contribution in [0.2, 0.25) is 0 Å². The van der Waals surface area contributed by atoms with Gasteiger partial charge in [-0.3, -0.25) is 4.79 Å². The fourth-order valence-corrected chi connectivity index (χ4v) is 2.37. The smallest absolute Gasteiger partial charge is 0.221 e. The summed E-state index contributed by atoms with van der Waals surface area (Å²) in [7, 11) is 0. The van der Waals surface area contributed by atoms with Gasteiger partial charge >= 0.3 is 0 Å². The fourth-order valence-electron chi connectivity index (χ4n) is 2.37. The van der Waals surface area contributed by atoms with E-state index in [9.17, 15) is 4.79 Å². The molecule has 0 aliphatic rings. The first kappa shape index (κ1) is 15.7. The largest absolute Gasteiger partial charge is 0.356 e. The predicted octanol–water partition coefficient (Wildman–Crippen LogP) is 2.32. The van der Waals surface area contributed by atoms with Crippen molar-refractivity contribution in [3.05, 3.63) is 33.9 Å². The standard InChI is InChI=1S/C16H26N2O/c1-10-8-11(2)14(5)15(13(10)4)6-7-18-16(19)9-12(3)17/h8,12H,6-7,9,17H2,1-5H3,(H,18,19). The molecule has 0 aliphatic heterocycles. The van der Waals surface area contributed by atoms with Crippen molar-refractivity contribution < 1.29 is 4.79 Å². The number of rotatable bonds is 5. The Labute approximate surface area is 116 Å². The lowest BCUT2D eigenvalue weighted by molar-refractivity contribution is -0.121. The van der Waals surface area contributed by atoms with E-state index in [-0.39, 0.29) is 11.9 Å². The molecule has 1 atom stereocenters. The number of hydrogen-bond acceptors (Lipinski definition) is 2. The molecule has 3 heteroatoms. The topological polar surface area (TPSA) is 55.1 Å². The highest BCUT2D eigenvalue weighted by atomic mass is 16.1. The normalized spacial score (nSPS) is 12.3. The van der Waals surface area contributed by atoms with Gasteiger partial charge in [-0.1, -0.05) is 6.07 Å². The Hall–Kier alpha value is -1.35. The van der Waals surface area contributed by atoms with Gasteiger partial charge in [0.15, 0.2) is 0 Å². The van der Waals surface area contributed by atoms with Crippen LogP contribution in [0.25, 0.3) is 0 Å². The molecule has 3 nitrogen and oxygen atoms in total. The molecule has 106 valence electrons. The molecular weight excluding hydrogens is 236 g/mol. The maximum absolute atomic E-state index is 11.6. The Morgan fingerprint density at radius 2 is 1.74 bits per heavy atom. The number of carbonyl (C=O) groups is 1. The molecule has 1 unspecified atom stereocenters. The molecule has 0 saturated carbocycles. The second kappa shape index (κ2) is 6.71. The lowest BCUT2D eigenvalue weighted by Gasteiger charge is -2.15. The number of hydrogen-bond donors (Lipinski definition) is 2. The zero-order valence-electron chi connectivity index (χ0n) is 12.8. The van der Waals surface area contributed by atoms with Crippen molar-refractivity contribution in [3.8, 4) is 0 Å². The molecule has 0 fully saturated rings. The molecular formula is C16H26N2O. The number of amides is 1. The average molecular weight is 262 g/mol. The molecule has 0 aromatic heterocycles. The van der Waals surface area contributed by atoms with Crippen molar-refractivity contribution in [2.45, 2.75) is 53.5 Å². The van der Waals surface area contributed by atoms with E-state index in [1.165, 1.54) is 27.8 Å². The van der Waals surface area contributed by atoms with E-state index < -0.39 is 0 Å². The van der Waals surface area contributed by atoms with Crippen LogP contribution in [0.3, 0.4) is 0 Å². The molecule has 1 aromatic carbocycles. The molecule has 0 bridgehead atoms. The van der Waals surface area contributed by atoms with Crippen LogP contribution in [0.4, 0.5) is 0 Å². The molecule has 1 amide bonds. The highest BCUT2D eigenvalue weighted by Crippen LogP contribution is 2.21. The van der Waals surface area contributed by atoms with Crippen molar-refractivity contribution in [1.29, 1.82) is 0 Å². The zero-order valence-corrected chi connectivity index (χ0v) is 12.8. The van der Waals surface area contributed by atoms with Gasteiger partial charge in [0.1, 0.15) is 0 Å². The molecule has 0 spiro atoms. The Bertz CT molecular complexity index is 438. The minimum atomic E-state index is -0.0790. The Morgan fingerprint density at radius 3 is 2.21 bits per heavy atom. The van der Waals surface area contributed by atoms with E-state index in [4.69, 9.17) is 5.73 Å². The van der Waals surface area contributed by atoms with E-state index >= 15 is 0 Å². The number of nitrogens with two attached hydrogens (primary N) is 1. The molecule has 0 radical (unpaired) electrons. The van der Waals surface area contributed by atoms with Crippen LogP contribution in [-0.4, -0.2) is 18.5 Å². The first-order valence-electron chi connectivity index (χ1n) is 6.91. The monoisotopic (exact) mass is 262 g/mol. The first-order chi connectivity index (χ1) is 8.82. The van der Waals surface area contributed by atoms with Crippen LogP contribution in [0, 0.1) is 27.7 Å². The molecule has 19 heavy (non-hydrogen) atoms. The highest BCUT2D eigenvalue weighted by molar-refractivity contribution is 5.76. The van der Waals surface area contributed by atoms with Gasteiger partial charge in [0, 0.05) is 19.0 Å². The first-order valence-corrected chi connectivity index (χ1v) is 6.91. The molecule has 0 saturated heterocycles. The second-order valence-electron chi connectivity index (χ2n) is 5.52. The van der Waals surface area contributed by atoms with E-state index in [0.29, 0.717) is 13.0 Å². The molecule has 1 aromatic rings. The summed E-state index contributed by atoms with van der Waals surface area (Å²) in [5.41, 5.74) is 12.3. The van der Waals surface area contributed by atoms with E-state index in [1.54, 1.807) is 0 Å². The number of benzene rings is 1. The summed E-state index contributed by atoms with van der Waals surface area (Å²) in [6.07, 6.45) is 1.27. The van der Waals surface area contributed by atoms with Crippen molar-refractivity contribution in [1.82, 2.24) is 5.32 Å². The van der Waals surface area contributed by atoms with Crippen LogP contribution >= 0.6 is 0 Å². The van der Waals surface area contributed by atoms with Gasteiger partial charge in [-0.15, -0.1) is 0 Å². The second-order valence-corrected chi connectivity index (χ2v) is 5.52. The lowest BCUT2D eigenvalue weighted by atomic mass is 9.92. The molecule has 1 rings (SSSR count). The summed E-state index contributed by atoms with van der Waals surface area (Å²) < 4.78 is 0. The van der Waals surface area contributed by atoms with Gasteiger partial charge in [-0.25, -0.2) is 0 Å². The Morgan fingerprint density at radius 1 is 1.21 bits per heavy atom. The minimum Gasteiger partial charge on any atom is -0.356 e. The number of aryl methyl sites for hydroxylation is 2. The molecule has 0 aliphatic carbocycles. The highest BCUT2D eigenvalue weighted by Gasteiger charge is 2.09. The van der Waals surface area contributed by atoms with E-state index in [1.807, 2.05) is 6.92 Å². The van der Waals surface area contributed by atoms with E-state index in [0.717, 1.165) is 6.42 Å². The van der Waals surface area contributed by atoms with Crippen LogP contribution in [0.5, 0.6) is 0 Å². The number of carbonyl (C=O) groups excluding carboxylic acids is 1. The summed E-state index contributed by atoms with van der Waals surface area (Å²) in [4.78, 5) is 11.6. The zero-order chi connectivity index (χ0) is 14.6. The van der Waals surface area contributed by atoms with Crippen LogP contribution in [0.1, 0.15) is 41.2 Å². The van der Waals surface area contributed by atoms with Crippen LogP contribution in [0.15, 0.2) is 6.07 Å². The summed E-state index contributed by atoms with van der Waals surface area (Å²) in [5.74, 6) is 0.0367. The summed E-state index contributed by atoms with van der Waals surface area (Å²) in [5, 5.41) is 2.94. The van der Waals surface area contributed by atoms with Gasteiger partial charge < -0.3 is 11.1 Å². The summed E-state index contributed by atoms with van der Waals surface area (Å²) in [6.45, 7) is 11.1. The third kappa shape index (κ3) is 4.35. The van der Waals surface area contributed by atoms with Crippen molar-refractivity contribution in [2.24, 2.45) is 5.73 Å². The summed E-state index contributed by atoms with van der Waals surface area (Å²) >= 11 is 0. The van der Waals surface area contributed by atoms with Gasteiger partial charge in [0.2, 0.25) is 5.91 Å². The summed E-state index contributed by atoms with van der Waals surface area (Å²) in [6, 6.07) is 2.15. The number of nitrogens with one attached hydrogen (secondary N) is 1. The van der Waals surface area contributed by atoms with Gasteiger partial charge in [-0.05, 0) is 68.9 Å². The SMILES string of the molecule is Cc1cc(C)c(C)c(CCNC(=O)CC(C)N)c1C. The van der Waals surface area contributed by atoms with Crippen LogP contribution in [-0.2, 0) is 11.2 Å². The quantitative estimate of drug-likeness (QED) is 0.855. The van der Waals surface area contributed by atoms with Gasteiger partial charge in [0.25, 0.3) is 0 Å². The predicted molar refractivity (Wildman–Crippen MR) is 80.4 cm³/mol. The maximum Gasteiger partial charge on any atom is 0.221 e. The van der Waals surface area contributed by atoms with Crippen LogP contribution < -0.4 is 11.1 Å². The maximum atomic E-state index is 11.6. The molecule has 3 N–H and O–H groups in total. The third-order valence-electron chi connectivity index (χ3n) is 3.73. The van der Waals surface area contributed by atoms with Gasteiger partial charge in [0.05, 0.1) is 0 Å². The van der Waals surface area contributed by atoms with Crippen molar-refractivity contribution in [3.63, 3.8) is 0 Å². The lowest BCUT2D eigenvalue weighted by Crippen LogP contribution is -2.31. The molecule has 0 heterocycles. The Balaban J connectivity index is 2.66. The fraction of sp³-hybridized carbons (Fsp3) is 0.562. The Kier molecular flexibility index (Phi) is 5.55. The third-order valence-corrected chi connectivity index (χ3v) is 3.73. The minimum absolute atomic E-state index is 0.0367. The van der Waals surface area contributed by atoms with Gasteiger partial charge in [-0.2, -0.15) is 0 Å². The van der Waals surface area contributed by atoms with Crippen molar-refractivity contribution in [2.75, 3.05) is 6.54 Å². The van der Waals surface area contributed by atoms with Crippen molar-refractivity contribution >= 4 is 5.91 Å².